The van der Waals surface area contributed by atoms with Crippen molar-refractivity contribution in [3.8, 4) is 17.6 Å². The summed E-state index contributed by atoms with van der Waals surface area (Å²) < 4.78 is 11.1. The normalized spacial score (nSPS) is 11.2. The van der Waals surface area contributed by atoms with E-state index in [1.165, 1.54) is 0 Å². The summed E-state index contributed by atoms with van der Waals surface area (Å²) in [6.45, 7) is 2.72. The number of H-pyrrole nitrogens is 1. The molecular weight excluding hydrogens is 354 g/mol. The predicted octanol–water partition coefficient (Wildman–Crippen LogP) is 4.17. The Labute approximate surface area is 163 Å². The number of unbranched alkanes of at least 4 members (excludes halogenated alkanes) is 1. The van der Waals surface area contributed by atoms with Gasteiger partial charge in [-0.1, -0.05) is 31.5 Å². The van der Waals surface area contributed by atoms with Gasteiger partial charge >= 0.3 is 0 Å². The average molecular weight is 375 g/mol. The van der Waals surface area contributed by atoms with Crippen LogP contribution in [0.5, 0.6) is 11.5 Å². The number of hydrogen-bond donors (Lipinski definition) is 1. The maximum Gasteiger partial charge on any atom is 0.259 e. The molecule has 1 heterocycles. The number of ether oxygens (including phenoxy) is 2. The minimum absolute atomic E-state index is 0.230. The highest BCUT2D eigenvalue weighted by Gasteiger charge is 2.10. The molecule has 0 bridgehead atoms. The quantitative estimate of drug-likeness (QED) is 0.494. The van der Waals surface area contributed by atoms with Gasteiger partial charge in [0.25, 0.3) is 5.56 Å². The number of methoxy groups -OCH3 is 1. The SMILES string of the molecule is CCCCOc1ccc(C=C(C#N)c2nc3ccccc3c(=O)[nH]2)cc1OC. The number of fused-ring (bicyclic) bond motifs is 1. The summed E-state index contributed by atoms with van der Waals surface area (Å²) in [7, 11) is 1.57. The maximum absolute atomic E-state index is 12.3. The van der Waals surface area contributed by atoms with Crippen molar-refractivity contribution in [1.29, 1.82) is 5.26 Å². The van der Waals surface area contributed by atoms with Crippen LogP contribution < -0.4 is 15.0 Å². The van der Waals surface area contributed by atoms with E-state index < -0.39 is 0 Å². The van der Waals surface area contributed by atoms with Crippen LogP contribution in [0.4, 0.5) is 0 Å². The van der Waals surface area contributed by atoms with E-state index in [-0.39, 0.29) is 17.0 Å². The van der Waals surface area contributed by atoms with Gasteiger partial charge in [0.15, 0.2) is 17.3 Å². The summed E-state index contributed by atoms with van der Waals surface area (Å²) in [6.07, 6.45) is 3.67. The van der Waals surface area contributed by atoms with Crippen LogP contribution in [0.25, 0.3) is 22.6 Å². The lowest BCUT2D eigenvalue weighted by atomic mass is 10.1. The first-order valence-corrected chi connectivity index (χ1v) is 9.08. The molecule has 28 heavy (non-hydrogen) atoms. The highest BCUT2D eigenvalue weighted by molar-refractivity contribution is 5.89. The van der Waals surface area contributed by atoms with Crippen molar-refractivity contribution >= 4 is 22.6 Å². The third-order valence-corrected chi connectivity index (χ3v) is 4.24. The van der Waals surface area contributed by atoms with E-state index in [0.717, 1.165) is 18.4 Å². The molecule has 6 nitrogen and oxygen atoms in total. The number of hydrogen-bond acceptors (Lipinski definition) is 5. The van der Waals surface area contributed by atoms with Gasteiger partial charge in [-0.25, -0.2) is 4.98 Å². The third-order valence-electron chi connectivity index (χ3n) is 4.24. The summed E-state index contributed by atoms with van der Waals surface area (Å²) in [5, 5.41) is 10.1. The second kappa shape index (κ2) is 8.87. The molecule has 0 radical (unpaired) electrons. The smallest absolute Gasteiger partial charge is 0.259 e. The molecule has 1 aromatic heterocycles. The van der Waals surface area contributed by atoms with Gasteiger partial charge < -0.3 is 14.5 Å². The van der Waals surface area contributed by atoms with Crippen LogP contribution in [0.3, 0.4) is 0 Å². The first-order valence-electron chi connectivity index (χ1n) is 9.08. The number of nitrogens with zero attached hydrogens (tertiary/aromatic N) is 2. The molecule has 0 spiro atoms. The molecular formula is C22H21N3O3. The molecule has 0 atom stereocenters. The Morgan fingerprint density at radius 1 is 1.25 bits per heavy atom. The van der Waals surface area contributed by atoms with Gasteiger partial charge in [0.05, 0.1) is 30.2 Å². The van der Waals surface area contributed by atoms with Gasteiger partial charge in [0.2, 0.25) is 0 Å². The molecule has 0 saturated carbocycles. The van der Waals surface area contributed by atoms with Crippen LogP contribution in [-0.2, 0) is 0 Å². The molecule has 6 heteroatoms. The first-order chi connectivity index (χ1) is 13.7. The minimum Gasteiger partial charge on any atom is -0.493 e. The van der Waals surface area contributed by atoms with Crippen LogP contribution in [0.15, 0.2) is 47.3 Å². The number of allylic oxidation sites excluding steroid dienone is 1. The van der Waals surface area contributed by atoms with E-state index in [9.17, 15) is 10.1 Å². The van der Waals surface area contributed by atoms with Crippen LogP contribution in [0.1, 0.15) is 31.2 Å². The Kier molecular flexibility index (Phi) is 6.07. The summed E-state index contributed by atoms with van der Waals surface area (Å²) >= 11 is 0. The van der Waals surface area contributed by atoms with E-state index >= 15 is 0 Å². The predicted molar refractivity (Wildman–Crippen MR) is 109 cm³/mol. The second-order valence-electron chi connectivity index (χ2n) is 6.21. The number of benzene rings is 2. The van der Waals surface area contributed by atoms with Gasteiger partial charge in [-0.05, 0) is 42.3 Å². The first kappa shape index (κ1) is 19.2. The zero-order chi connectivity index (χ0) is 19.9. The molecule has 142 valence electrons. The summed E-state index contributed by atoms with van der Waals surface area (Å²) in [6, 6.07) is 14.6. The van der Waals surface area contributed by atoms with Gasteiger partial charge in [-0.2, -0.15) is 5.26 Å². The Morgan fingerprint density at radius 2 is 2.07 bits per heavy atom. The molecule has 0 fully saturated rings. The van der Waals surface area contributed by atoms with Crippen molar-refractivity contribution < 1.29 is 9.47 Å². The van der Waals surface area contributed by atoms with Crippen LogP contribution in [-0.4, -0.2) is 23.7 Å². The van der Waals surface area contributed by atoms with Crippen LogP contribution >= 0.6 is 0 Å². The molecule has 0 aliphatic carbocycles. The number of nitrogens with one attached hydrogen (secondary N) is 1. The lowest BCUT2D eigenvalue weighted by Gasteiger charge is -2.11. The van der Waals surface area contributed by atoms with E-state index in [2.05, 4.69) is 23.0 Å². The monoisotopic (exact) mass is 375 g/mol. The van der Waals surface area contributed by atoms with Crippen molar-refractivity contribution in [2.24, 2.45) is 0 Å². The summed E-state index contributed by atoms with van der Waals surface area (Å²) in [5.74, 6) is 1.47. The fourth-order valence-corrected chi connectivity index (χ4v) is 2.75. The van der Waals surface area contributed by atoms with Crippen molar-refractivity contribution in [3.05, 3.63) is 64.2 Å². The van der Waals surface area contributed by atoms with Gasteiger partial charge in [0.1, 0.15) is 6.07 Å². The van der Waals surface area contributed by atoms with Crippen molar-refractivity contribution in [1.82, 2.24) is 9.97 Å². The Bertz CT molecular complexity index is 1110. The highest BCUT2D eigenvalue weighted by Crippen LogP contribution is 2.29. The van der Waals surface area contributed by atoms with Crippen molar-refractivity contribution in [2.45, 2.75) is 19.8 Å². The lowest BCUT2D eigenvalue weighted by Crippen LogP contribution is -2.11. The van der Waals surface area contributed by atoms with E-state index in [0.29, 0.717) is 29.0 Å². The highest BCUT2D eigenvalue weighted by atomic mass is 16.5. The Balaban J connectivity index is 1.97. The van der Waals surface area contributed by atoms with Crippen molar-refractivity contribution in [3.63, 3.8) is 0 Å². The van der Waals surface area contributed by atoms with E-state index in [1.54, 1.807) is 43.5 Å². The molecule has 3 rings (SSSR count). The zero-order valence-corrected chi connectivity index (χ0v) is 15.9. The van der Waals surface area contributed by atoms with Crippen molar-refractivity contribution in [2.75, 3.05) is 13.7 Å². The number of para-hydroxylation sites is 1. The molecule has 2 aromatic carbocycles. The second-order valence-corrected chi connectivity index (χ2v) is 6.21. The topological polar surface area (TPSA) is 88.0 Å². The average Bonchev–Trinajstić information content (AvgIpc) is 2.72. The molecule has 0 saturated heterocycles. The summed E-state index contributed by atoms with van der Waals surface area (Å²) in [4.78, 5) is 19.4. The minimum atomic E-state index is -0.279. The Hall–Kier alpha value is -3.59. The molecule has 0 unspecified atom stereocenters. The third kappa shape index (κ3) is 4.21. The van der Waals surface area contributed by atoms with Gasteiger partial charge in [-0.15, -0.1) is 0 Å². The zero-order valence-electron chi connectivity index (χ0n) is 15.9. The van der Waals surface area contributed by atoms with Gasteiger partial charge in [0, 0.05) is 0 Å². The maximum atomic E-state index is 12.3. The molecule has 0 amide bonds. The van der Waals surface area contributed by atoms with Gasteiger partial charge in [-0.3, -0.25) is 4.79 Å². The van der Waals surface area contributed by atoms with E-state index in [4.69, 9.17) is 9.47 Å². The summed E-state index contributed by atoms with van der Waals surface area (Å²) in [5.41, 5.74) is 1.26. The van der Waals surface area contributed by atoms with E-state index in [1.807, 2.05) is 12.1 Å². The van der Waals surface area contributed by atoms with Crippen LogP contribution in [0, 0.1) is 11.3 Å². The Morgan fingerprint density at radius 3 is 2.82 bits per heavy atom. The fourth-order valence-electron chi connectivity index (χ4n) is 2.75. The number of rotatable bonds is 7. The molecule has 3 aromatic rings. The fraction of sp³-hybridized carbons (Fsp3) is 0.227. The standard InChI is InChI=1S/C22H21N3O3/c1-3-4-11-28-19-10-9-15(13-20(19)27-2)12-16(14-23)21-24-18-8-6-5-7-17(18)22(26)25-21/h5-10,12-13H,3-4,11H2,1-2H3,(H,24,25,26). The molecule has 1 N–H and O–H groups in total. The molecule has 0 aliphatic rings. The largest absolute Gasteiger partial charge is 0.493 e. The molecule has 0 aliphatic heterocycles. The number of aromatic nitrogens is 2. The lowest BCUT2D eigenvalue weighted by molar-refractivity contribution is 0.288. The van der Waals surface area contributed by atoms with Crippen LogP contribution in [0.2, 0.25) is 0 Å². The number of aromatic amines is 1. The number of nitriles is 1.